The van der Waals surface area contributed by atoms with Gasteiger partial charge in [0.15, 0.2) is 0 Å². The predicted molar refractivity (Wildman–Crippen MR) is 28.8 cm³/mol. The molecule has 46 valence electrons. The molecule has 0 aliphatic rings. The van der Waals surface area contributed by atoms with E-state index in [0.717, 1.165) is 6.92 Å². The Labute approximate surface area is 47.8 Å². The third-order valence-corrected chi connectivity index (χ3v) is 1.30. The van der Waals surface area contributed by atoms with Crippen molar-refractivity contribution in [3.63, 3.8) is 0 Å². The Kier molecular flexibility index (Phi) is 2.20. The first kappa shape index (κ1) is 7.16. The van der Waals surface area contributed by atoms with Gasteiger partial charge in [0, 0.05) is 0 Å². The van der Waals surface area contributed by atoms with Crippen LogP contribution in [0.5, 0.6) is 0 Å². The topological polar surface area (TPSA) is 77.2 Å². The van der Waals surface area contributed by atoms with Gasteiger partial charge in [0.05, 0.1) is 0 Å². The molecule has 0 aromatic heterocycles. The van der Waals surface area contributed by atoms with Crippen molar-refractivity contribution in [3.8, 4) is 0 Å². The zero-order chi connectivity index (χ0) is 6.73. The molecule has 0 saturated carbocycles. The quantitative estimate of drug-likeness (QED) is 0.446. The van der Waals surface area contributed by atoms with E-state index in [-0.39, 0.29) is 4.86 Å². The number of nitrogens with two attached hydrogens (primary N) is 1. The summed E-state index contributed by atoms with van der Waals surface area (Å²) in [5, 5.41) is 0. The maximum absolute atomic E-state index is 9.93. The first-order chi connectivity index (χ1) is 3.55. The number of primary amides is 1. The Balaban J connectivity index is 4.78. The van der Waals surface area contributed by atoms with E-state index in [1.807, 2.05) is 0 Å². The fraction of sp³-hybridized carbons (Fsp3) is 0.333. The minimum absolute atomic E-state index is 0.343. The second-order valence-corrected chi connectivity index (χ2v) is 2.24. The van der Waals surface area contributed by atoms with Gasteiger partial charge in [-0.3, -0.25) is 4.79 Å². The molecule has 0 bridgehead atoms. The Morgan fingerprint density at radius 2 is 1.88 bits per heavy atom. The highest BCUT2D eigenvalue weighted by Gasteiger charge is 1.97. The Bertz CT molecular complexity index is 217. The van der Waals surface area contributed by atoms with Crippen LogP contribution in [0.1, 0.15) is 6.92 Å². The first-order valence-electron chi connectivity index (χ1n) is 1.78. The van der Waals surface area contributed by atoms with Gasteiger partial charge in [0.1, 0.15) is 4.86 Å². The van der Waals surface area contributed by atoms with Gasteiger partial charge in [0.25, 0.3) is 5.91 Å². The minimum atomic E-state index is -2.45. The lowest BCUT2D eigenvalue weighted by atomic mass is 10.5. The third kappa shape index (κ3) is 1.74. The molecule has 0 aliphatic carbocycles. The third-order valence-electron chi connectivity index (χ3n) is 0.597. The molecule has 0 heterocycles. The monoisotopic (exact) mass is 135 g/mol. The lowest BCUT2D eigenvalue weighted by Crippen LogP contribution is -2.20. The van der Waals surface area contributed by atoms with E-state index in [9.17, 15) is 13.2 Å². The van der Waals surface area contributed by atoms with Crippen LogP contribution in [0.4, 0.5) is 0 Å². The molecular weight excluding hydrogens is 130 g/mol. The van der Waals surface area contributed by atoms with Crippen LogP contribution in [-0.2, 0) is 15.1 Å². The van der Waals surface area contributed by atoms with E-state index >= 15 is 0 Å². The fourth-order valence-electron chi connectivity index (χ4n) is 0.0821. The van der Waals surface area contributed by atoms with Crippen molar-refractivity contribution in [2.45, 2.75) is 6.92 Å². The number of hydrogen-bond donors (Lipinski definition) is 1. The van der Waals surface area contributed by atoms with Crippen molar-refractivity contribution >= 4 is 21.1 Å². The molecular formula is C3H5NO3S. The van der Waals surface area contributed by atoms with E-state index in [1.165, 1.54) is 0 Å². The number of amides is 1. The molecule has 0 aliphatic heterocycles. The fourth-order valence-corrected chi connectivity index (χ4v) is 0.246. The molecule has 0 aromatic rings. The summed E-state index contributed by atoms with van der Waals surface area (Å²) < 4.78 is 19.6. The molecule has 0 unspecified atom stereocenters. The second kappa shape index (κ2) is 2.46. The molecule has 2 N–H and O–H groups in total. The molecule has 4 nitrogen and oxygen atoms in total. The van der Waals surface area contributed by atoms with Gasteiger partial charge in [0.2, 0.25) is 10.3 Å². The van der Waals surface area contributed by atoms with Gasteiger partial charge in [-0.15, -0.1) is 0 Å². The normalized spacial score (nSPS) is 8.12. The molecule has 0 spiro atoms. The summed E-state index contributed by atoms with van der Waals surface area (Å²) in [7, 11) is -2.45. The summed E-state index contributed by atoms with van der Waals surface area (Å²) in [6.45, 7) is 1.14. The van der Waals surface area contributed by atoms with Crippen LogP contribution in [0, 0.1) is 0 Å². The molecule has 0 fully saturated rings. The van der Waals surface area contributed by atoms with Crippen LogP contribution in [-0.4, -0.2) is 19.2 Å². The Morgan fingerprint density at radius 1 is 1.50 bits per heavy atom. The Morgan fingerprint density at radius 3 is 1.88 bits per heavy atom. The van der Waals surface area contributed by atoms with Crippen LogP contribution in [0.3, 0.4) is 0 Å². The highest BCUT2D eigenvalue weighted by molar-refractivity contribution is 7.74. The highest BCUT2D eigenvalue weighted by Crippen LogP contribution is 1.64. The number of carbonyl (C=O) groups is 1. The highest BCUT2D eigenvalue weighted by atomic mass is 32.2. The van der Waals surface area contributed by atoms with Crippen molar-refractivity contribution in [3.05, 3.63) is 0 Å². The van der Waals surface area contributed by atoms with Crippen LogP contribution >= 0.6 is 0 Å². The zero-order valence-corrected chi connectivity index (χ0v) is 5.03. The molecule has 1 amide bonds. The van der Waals surface area contributed by atoms with E-state index in [0.29, 0.717) is 0 Å². The van der Waals surface area contributed by atoms with Gasteiger partial charge >= 0.3 is 0 Å². The zero-order valence-electron chi connectivity index (χ0n) is 4.21. The summed E-state index contributed by atoms with van der Waals surface area (Å²) >= 11 is 0. The predicted octanol–water partition coefficient (Wildman–Crippen LogP) is -1.46. The summed E-state index contributed by atoms with van der Waals surface area (Å²) in [5.41, 5.74) is 4.57. The van der Waals surface area contributed by atoms with Crippen LogP contribution in [0.2, 0.25) is 0 Å². The first-order valence-corrected chi connectivity index (χ1v) is 2.86. The molecule has 5 heteroatoms. The molecule has 8 heavy (non-hydrogen) atoms. The lowest BCUT2D eigenvalue weighted by Gasteiger charge is -1.78. The van der Waals surface area contributed by atoms with E-state index < -0.39 is 16.2 Å². The minimum Gasteiger partial charge on any atom is -0.365 e. The van der Waals surface area contributed by atoms with Crippen molar-refractivity contribution in [1.82, 2.24) is 0 Å². The van der Waals surface area contributed by atoms with Gasteiger partial charge in [-0.1, -0.05) is 0 Å². The summed E-state index contributed by atoms with van der Waals surface area (Å²) in [4.78, 5) is 9.59. The largest absolute Gasteiger partial charge is 0.365 e. The second-order valence-electron chi connectivity index (χ2n) is 1.16. The molecule has 0 aromatic carbocycles. The number of carbonyl (C=O) groups excluding carboxylic acids is 1. The van der Waals surface area contributed by atoms with E-state index in [1.54, 1.807) is 0 Å². The van der Waals surface area contributed by atoms with Crippen molar-refractivity contribution in [2.24, 2.45) is 5.73 Å². The van der Waals surface area contributed by atoms with Crippen LogP contribution in [0.25, 0.3) is 0 Å². The lowest BCUT2D eigenvalue weighted by molar-refractivity contribution is -0.111. The van der Waals surface area contributed by atoms with E-state index in [2.05, 4.69) is 5.73 Å². The van der Waals surface area contributed by atoms with Crippen molar-refractivity contribution in [2.75, 3.05) is 0 Å². The maximum Gasteiger partial charge on any atom is 0.259 e. The van der Waals surface area contributed by atoms with Gasteiger partial charge in [-0.05, 0) is 6.92 Å². The van der Waals surface area contributed by atoms with Gasteiger partial charge in [-0.25, -0.2) is 0 Å². The van der Waals surface area contributed by atoms with Gasteiger partial charge < -0.3 is 5.73 Å². The number of rotatable bonds is 1. The maximum atomic E-state index is 9.93. The van der Waals surface area contributed by atoms with Crippen molar-refractivity contribution in [1.29, 1.82) is 0 Å². The molecule has 0 rings (SSSR count). The molecule has 0 atom stereocenters. The average Bonchev–Trinajstić information content (AvgIpc) is 1.64. The average molecular weight is 135 g/mol. The van der Waals surface area contributed by atoms with Gasteiger partial charge in [-0.2, -0.15) is 8.42 Å². The van der Waals surface area contributed by atoms with E-state index in [4.69, 9.17) is 0 Å². The van der Waals surface area contributed by atoms with Crippen molar-refractivity contribution < 1.29 is 13.2 Å². The molecule has 0 radical (unpaired) electrons. The summed E-state index contributed by atoms with van der Waals surface area (Å²) in [6, 6.07) is 0. The smallest absolute Gasteiger partial charge is 0.259 e. The standard InChI is InChI=1S/C3H5NO3S/c1-2(3(4)5)8(6)7/h1H3,(H2,4,5). The van der Waals surface area contributed by atoms with Crippen LogP contribution < -0.4 is 5.73 Å². The summed E-state index contributed by atoms with van der Waals surface area (Å²) in [5.74, 6) is -0.904. The Hall–Kier alpha value is -0.840. The molecule has 0 saturated heterocycles. The summed E-state index contributed by atoms with van der Waals surface area (Å²) in [6.07, 6.45) is 0. The SMILES string of the molecule is CC(C(N)=O)=S(=O)=O. The van der Waals surface area contributed by atoms with Crippen LogP contribution in [0.15, 0.2) is 0 Å². The number of hydrogen-bond acceptors (Lipinski definition) is 3.